The summed E-state index contributed by atoms with van der Waals surface area (Å²) in [6, 6.07) is 18.5. The molecular weight excluding hydrogens is 352 g/mol. The van der Waals surface area contributed by atoms with Gasteiger partial charge in [-0.2, -0.15) is 0 Å². The molecule has 1 amide bonds. The largest absolute Gasteiger partial charge is 0.397 e. The van der Waals surface area contributed by atoms with Gasteiger partial charge in [-0.15, -0.1) is 0 Å². The predicted molar refractivity (Wildman–Crippen MR) is 111 cm³/mol. The van der Waals surface area contributed by atoms with Gasteiger partial charge in [0.15, 0.2) is 0 Å². The van der Waals surface area contributed by atoms with E-state index in [1.807, 2.05) is 42.6 Å². The van der Waals surface area contributed by atoms with Crippen molar-refractivity contribution in [3.05, 3.63) is 89.7 Å². The number of nitrogens with one attached hydrogen (secondary N) is 1. The lowest BCUT2D eigenvalue weighted by Crippen LogP contribution is -2.26. The maximum atomic E-state index is 12.4. The lowest BCUT2D eigenvalue weighted by molar-refractivity contribution is 0.102. The summed E-state index contributed by atoms with van der Waals surface area (Å²) in [6.07, 6.45) is 3.57. The van der Waals surface area contributed by atoms with Gasteiger partial charge in [0, 0.05) is 37.6 Å². The van der Waals surface area contributed by atoms with E-state index in [2.05, 4.69) is 15.2 Å². The third kappa shape index (κ3) is 5.39. The second-order valence-electron chi connectivity index (χ2n) is 6.53. The van der Waals surface area contributed by atoms with Gasteiger partial charge in [-0.1, -0.05) is 30.3 Å². The van der Waals surface area contributed by atoms with Crippen molar-refractivity contribution in [3.8, 4) is 0 Å². The van der Waals surface area contributed by atoms with E-state index in [1.54, 1.807) is 30.5 Å². The SMILES string of the molecule is Nc1ccccc1NC(=O)c1ccc(CN(CCO)Cc2cccnc2)cc1. The minimum Gasteiger partial charge on any atom is -0.397 e. The summed E-state index contributed by atoms with van der Waals surface area (Å²) in [4.78, 5) is 18.7. The number of amides is 1. The van der Waals surface area contributed by atoms with Crippen molar-refractivity contribution >= 4 is 17.3 Å². The van der Waals surface area contributed by atoms with Crippen molar-refractivity contribution in [1.82, 2.24) is 9.88 Å². The highest BCUT2D eigenvalue weighted by Gasteiger charge is 2.10. The fourth-order valence-electron chi connectivity index (χ4n) is 2.93. The first-order valence-corrected chi connectivity index (χ1v) is 9.12. The van der Waals surface area contributed by atoms with Gasteiger partial charge in [-0.05, 0) is 41.5 Å². The van der Waals surface area contributed by atoms with Gasteiger partial charge in [-0.3, -0.25) is 14.7 Å². The molecule has 0 saturated heterocycles. The van der Waals surface area contributed by atoms with Crippen LogP contribution in [-0.2, 0) is 13.1 Å². The molecular formula is C22H24N4O2. The first kappa shape index (κ1) is 19.5. The number of aromatic nitrogens is 1. The van der Waals surface area contributed by atoms with Gasteiger partial charge in [-0.25, -0.2) is 0 Å². The highest BCUT2D eigenvalue weighted by molar-refractivity contribution is 6.05. The number of nitrogens with zero attached hydrogens (tertiary/aromatic N) is 2. The number of pyridine rings is 1. The quantitative estimate of drug-likeness (QED) is 0.526. The molecule has 6 heteroatoms. The molecule has 144 valence electrons. The number of anilines is 2. The Labute approximate surface area is 164 Å². The molecule has 4 N–H and O–H groups in total. The number of rotatable bonds is 8. The molecule has 0 radical (unpaired) electrons. The molecule has 28 heavy (non-hydrogen) atoms. The van der Waals surface area contributed by atoms with Crippen LogP contribution in [0, 0.1) is 0 Å². The van der Waals surface area contributed by atoms with Gasteiger partial charge in [0.25, 0.3) is 5.91 Å². The normalized spacial score (nSPS) is 10.8. The summed E-state index contributed by atoms with van der Waals surface area (Å²) in [5.74, 6) is -0.202. The van der Waals surface area contributed by atoms with Gasteiger partial charge in [0.1, 0.15) is 0 Å². The van der Waals surface area contributed by atoms with Crippen LogP contribution in [0.1, 0.15) is 21.5 Å². The van der Waals surface area contributed by atoms with Crippen LogP contribution in [0.15, 0.2) is 73.1 Å². The molecule has 6 nitrogen and oxygen atoms in total. The number of hydrogen-bond acceptors (Lipinski definition) is 5. The third-order valence-corrected chi connectivity index (χ3v) is 4.38. The lowest BCUT2D eigenvalue weighted by Gasteiger charge is -2.21. The number of nitrogen functional groups attached to an aromatic ring is 1. The van der Waals surface area contributed by atoms with Gasteiger partial charge >= 0.3 is 0 Å². The molecule has 0 atom stereocenters. The average Bonchev–Trinajstić information content (AvgIpc) is 2.71. The Bertz CT molecular complexity index is 898. The maximum absolute atomic E-state index is 12.4. The second-order valence-corrected chi connectivity index (χ2v) is 6.53. The summed E-state index contributed by atoms with van der Waals surface area (Å²) in [6.45, 7) is 2.01. The molecule has 1 aromatic heterocycles. The summed E-state index contributed by atoms with van der Waals surface area (Å²) in [7, 11) is 0. The van der Waals surface area contributed by atoms with Gasteiger partial charge in [0.05, 0.1) is 18.0 Å². The van der Waals surface area contributed by atoms with E-state index in [0.29, 0.717) is 36.6 Å². The third-order valence-electron chi connectivity index (χ3n) is 4.38. The van der Waals surface area contributed by atoms with Crippen LogP contribution in [0.5, 0.6) is 0 Å². The monoisotopic (exact) mass is 376 g/mol. The van der Waals surface area contributed by atoms with E-state index in [1.165, 1.54) is 0 Å². The summed E-state index contributed by atoms with van der Waals surface area (Å²) >= 11 is 0. The summed E-state index contributed by atoms with van der Waals surface area (Å²) in [5.41, 5.74) is 9.72. The van der Waals surface area contributed by atoms with Crippen molar-refractivity contribution in [3.63, 3.8) is 0 Å². The highest BCUT2D eigenvalue weighted by atomic mass is 16.3. The highest BCUT2D eigenvalue weighted by Crippen LogP contribution is 2.18. The first-order chi connectivity index (χ1) is 13.7. The van der Waals surface area contributed by atoms with Crippen molar-refractivity contribution in [2.75, 3.05) is 24.2 Å². The van der Waals surface area contributed by atoms with E-state index < -0.39 is 0 Å². The van der Waals surface area contributed by atoms with E-state index in [9.17, 15) is 9.90 Å². The molecule has 3 aromatic rings. The zero-order valence-electron chi connectivity index (χ0n) is 15.6. The number of aliphatic hydroxyl groups is 1. The molecule has 0 fully saturated rings. The Hall–Kier alpha value is -3.22. The van der Waals surface area contributed by atoms with E-state index in [4.69, 9.17) is 5.73 Å². The minimum absolute atomic E-state index is 0.0826. The Morgan fingerprint density at radius 2 is 1.75 bits per heavy atom. The Morgan fingerprint density at radius 1 is 1.00 bits per heavy atom. The number of hydrogen-bond donors (Lipinski definition) is 3. The minimum atomic E-state index is -0.202. The van der Waals surface area contributed by atoms with Crippen LogP contribution >= 0.6 is 0 Å². The number of nitrogens with two attached hydrogens (primary N) is 1. The van der Waals surface area contributed by atoms with Crippen molar-refractivity contribution in [1.29, 1.82) is 0 Å². The van der Waals surface area contributed by atoms with Crippen molar-refractivity contribution in [2.45, 2.75) is 13.1 Å². The number of carbonyl (C=O) groups excluding carboxylic acids is 1. The Kier molecular flexibility index (Phi) is 6.73. The topological polar surface area (TPSA) is 91.5 Å². The first-order valence-electron chi connectivity index (χ1n) is 9.12. The molecule has 2 aromatic carbocycles. The van der Waals surface area contributed by atoms with Gasteiger partial charge < -0.3 is 16.2 Å². The number of para-hydroxylation sites is 2. The van der Waals surface area contributed by atoms with Crippen LogP contribution < -0.4 is 11.1 Å². The molecule has 0 aliphatic heterocycles. The standard InChI is InChI=1S/C22H24N4O2/c23-20-5-1-2-6-21(20)25-22(28)19-9-7-17(8-10-19)15-26(12-13-27)16-18-4-3-11-24-14-18/h1-11,14,27H,12-13,15-16,23H2,(H,25,28). The molecule has 0 saturated carbocycles. The zero-order valence-corrected chi connectivity index (χ0v) is 15.6. The number of carbonyl (C=O) groups is 1. The Balaban J connectivity index is 1.63. The van der Waals surface area contributed by atoms with E-state index in [0.717, 1.165) is 11.1 Å². The van der Waals surface area contributed by atoms with Crippen LogP contribution in [0.4, 0.5) is 11.4 Å². The lowest BCUT2D eigenvalue weighted by atomic mass is 10.1. The van der Waals surface area contributed by atoms with Gasteiger partial charge in [0.2, 0.25) is 0 Å². The molecule has 0 aliphatic carbocycles. The maximum Gasteiger partial charge on any atom is 0.255 e. The molecule has 3 rings (SSSR count). The predicted octanol–water partition coefficient (Wildman–Crippen LogP) is 2.91. The summed E-state index contributed by atoms with van der Waals surface area (Å²) < 4.78 is 0. The smallest absolute Gasteiger partial charge is 0.255 e. The van der Waals surface area contributed by atoms with E-state index in [-0.39, 0.29) is 12.5 Å². The second kappa shape index (κ2) is 9.64. The summed E-state index contributed by atoms with van der Waals surface area (Å²) in [5, 5.41) is 12.2. The number of benzene rings is 2. The average molecular weight is 376 g/mol. The molecule has 0 unspecified atom stereocenters. The molecule has 0 aliphatic rings. The fraction of sp³-hybridized carbons (Fsp3) is 0.182. The Morgan fingerprint density at radius 3 is 2.43 bits per heavy atom. The molecule has 0 bridgehead atoms. The fourth-order valence-corrected chi connectivity index (χ4v) is 2.93. The zero-order chi connectivity index (χ0) is 19.8. The number of aliphatic hydroxyl groups excluding tert-OH is 1. The van der Waals surface area contributed by atoms with Crippen molar-refractivity contribution in [2.24, 2.45) is 0 Å². The van der Waals surface area contributed by atoms with Crippen molar-refractivity contribution < 1.29 is 9.90 Å². The van der Waals surface area contributed by atoms with E-state index >= 15 is 0 Å². The van der Waals surface area contributed by atoms with Crippen LogP contribution in [0.25, 0.3) is 0 Å². The molecule has 0 spiro atoms. The van der Waals surface area contributed by atoms with Crippen LogP contribution in [-0.4, -0.2) is 34.0 Å². The molecule has 1 heterocycles. The van der Waals surface area contributed by atoms with Crippen LogP contribution in [0.3, 0.4) is 0 Å². The van der Waals surface area contributed by atoms with Crippen LogP contribution in [0.2, 0.25) is 0 Å².